The first-order chi connectivity index (χ1) is 14.8. The maximum atomic E-state index is 15.3. The number of phosphoric acid groups is 3. The summed E-state index contributed by atoms with van der Waals surface area (Å²) in [5, 5.41) is 10.1. The molecular formula is C11H12F3N2O12P3S2. The SMILES string of the molecule is C#CC1(F)C(n2cc(F)c(=S)[nH]c2=S)OC(F)(COP(=O)(O)OP(=O)(O)OP(=O)(O)O)C1O. The zero-order chi connectivity index (χ0) is 25.6. The minimum absolute atomic E-state index is 0.412. The van der Waals surface area contributed by atoms with Crippen LogP contribution in [0.25, 0.3) is 0 Å². The van der Waals surface area contributed by atoms with E-state index in [0.29, 0.717) is 10.8 Å². The highest BCUT2D eigenvalue weighted by atomic mass is 32.1. The normalized spacial score (nSPS) is 31.5. The van der Waals surface area contributed by atoms with Gasteiger partial charge in [-0.2, -0.15) is 8.62 Å². The van der Waals surface area contributed by atoms with Gasteiger partial charge in [-0.3, -0.25) is 9.09 Å². The molecule has 1 fully saturated rings. The zero-order valence-corrected chi connectivity index (χ0v) is 19.7. The van der Waals surface area contributed by atoms with Crippen LogP contribution in [0.5, 0.6) is 0 Å². The van der Waals surface area contributed by atoms with E-state index >= 15 is 8.78 Å². The highest BCUT2D eigenvalue weighted by Crippen LogP contribution is 2.66. The number of hydrogen-bond donors (Lipinski definition) is 6. The Hall–Kier alpha value is -0.800. The number of phosphoric ester groups is 1. The molecule has 1 aromatic rings. The number of hydrogen-bond acceptors (Lipinski definition) is 10. The second-order valence-electron chi connectivity index (χ2n) is 6.08. The van der Waals surface area contributed by atoms with Crippen molar-refractivity contribution in [1.82, 2.24) is 9.55 Å². The summed E-state index contributed by atoms with van der Waals surface area (Å²) in [5.41, 5.74) is -3.49. The van der Waals surface area contributed by atoms with E-state index in [4.69, 9.17) is 33.3 Å². The third-order valence-electron chi connectivity index (χ3n) is 3.71. The van der Waals surface area contributed by atoms with Gasteiger partial charge in [-0.1, -0.05) is 18.1 Å². The van der Waals surface area contributed by atoms with Gasteiger partial charge in [0.25, 0.3) is 5.85 Å². The van der Waals surface area contributed by atoms with E-state index in [9.17, 15) is 28.1 Å². The van der Waals surface area contributed by atoms with Crippen LogP contribution < -0.4 is 0 Å². The van der Waals surface area contributed by atoms with Crippen molar-refractivity contribution in [2.24, 2.45) is 0 Å². The standard InChI is InChI=1S/C11H12F3N2O12P3S2/c1-2-10(13)7(17)11(14,26-8(10)16-3-5(12)6(32)15-9(16)33)4-25-30(21,22)28-31(23,24)27-29(18,19)20/h1,3,7-8,17H,4H2,(H,21,22)(H,23,24)(H,15,32,33)(H2,18,19,20). The van der Waals surface area contributed by atoms with Crippen LogP contribution in [-0.2, 0) is 31.6 Å². The lowest BCUT2D eigenvalue weighted by Gasteiger charge is -2.25. The molecule has 6 unspecified atom stereocenters. The molecule has 1 aromatic heterocycles. The van der Waals surface area contributed by atoms with Crippen molar-refractivity contribution >= 4 is 47.9 Å². The highest BCUT2D eigenvalue weighted by molar-refractivity contribution is 7.72. The molecule has 14 nitrogen and oxygen atoms in total. The highest BCUT2D eigenvalue weighted by Gasteiger charge is 2.67. The summed E-state index contributed by atoms with van der Waals surface area (Å²) in [6, 6.07) is 0. The largest absolute Gasteiger partial charge is 0.490 e. The van der Waals surface area contributed by atoms with Gasteiger partial charge in [-0.15, -0.1) is 6.42 Å². The number of alkyl halides is 2. The van der Waals surface area contributed by atoms with E-state index in [1.165, 1.54) is 5.92 Å². The number of ether oxygens (including phenoxy) is 1. The molecule has 22 heteroatoms. The molecule has 2 rings (SSSR count). The molecule has 0 bridgehead atoms. The lowest BCUT2D eigenvalue weighted by atomic mass is 9.96. The minimum Gasteiger partial charge on any atom is -0.383 e. The number of halogens is 3. The Morgan fingerprint density at radius 2 is 1.79 bits per heavy atom. The molecule has 186 valence electrons. The summed E-state index contributed by atoms with van der Waals surface area (Å²) in [6.07, 6.45) is 0.113. The Kier molecular flexibility index (Phi) is 8.05. The fourth-order valence-electron chi connectivity index (χ4n) is 2.41. The second-order valence-corrected chi connectivity index (χ2v) is 11.3. The third kappa shape index (κ3) is 6.45. The molecule has 0 aromatic carbocycles. The van der Waals surface area contributed by atoms with Crippen LogP contribution in [0.4, 0.5) is 13.2 Å². The number of terminal acetylenes is 1. The number of nitrogens with zero attached hydrogens (tertiary/aromatic N) is 1. The number of aromatic amines is 1. The number of rotatable bonds is 8. The van der Waals surface area contributed by atoms with Gasteiger partial charge in [0.15, 0.2) is 22.9 Å². The van der Waals surface area contributed by atoms with E-state index in [0.717, 1.165) is 0 Å². The Labute approximate surface area is 191 Å². The molecule has 6 N–H and O–H groups in total. The van der Waals surface area contributed by atoms with Crippen molar-refractivity contribution in [1.29, 1.82) is 0 Å². The van der Waals surface area contributed by atoms with Gasteiger partial charge >= 0.3 is 23.5 Å². The Balaban J connectivity index is 2.32. The predicted molar refractivity (Wildman–Crippen MR) is 103 cm³/mol. The van der Waals surface area contributed by atoms with E-state index in [1.54, 1.807) is 0 Å². The maximum absolute atomic E-state index is 15.3. The monoisotopic (exact) mass is 578 g/mol. The van der Waals surface area contributed by atoms with Gasteiger partial charge < -0.3 is 34.4 Å². The average Bonchev–Trinajstić information content (AvgIpc) is 2.82. The van der Waals surface area contributed by atoms with E-state index in [1.807, 2.05) is 0 Å². The summed E-state index contributed by atoms with van der Waals surface area (Å²) in [5.74, 6) is -3.57. The molecule has 1 saturated heterocycles. The van der Waals surface area contributed by atoms with Crippen molar-refractivity contribution in [3.8, 4) is 12.3 Å². The van der Waals surface area contributed by atoms with Crippen LogP contribution in [0.2, 0.25) is 0 Å². The zero-order valence-electron chi connectivity index (χ0n) is 15.3. The molecule has 0 amide bonds. The molecule has 33 heavy (non-hydrogen) atoms. The molecule has 0 radical (unpaired) electrons. The van der Waals surface area contributed by atoms with Crippen molar-refractivity contribution in [2.45, 2.75) is 23.9 Å². The van der Waals surface area contributed by atoms with Crippen molar-refractivity contribution < 1.29 is 69.4 Å². The molecular weight excluding hydrogens is 566 g/mol. The summed E-state index contributed by atoms with van der Waals surface area (Å²) in [7, 11) is -17.5. The number of aliphatic hydroxyl groups is 1. The minimum atomic E-state index is -5.95. The number of aromatic nitrogens is 2. The van der Waals surface area contributed by atoms with Crippen LogP contribution in [-0.4, -0.2) is 58.5 Å². The van der Waals surface area contributed by atoms with Gasteiger partial charge in [0.2, 0.25) is 5.67 Å². The van der Waals surface area contributed by atoms with E-state index in [2.05, 4.69) is 35.1 Å². The number of nitrogens with one attached hydrogen (secondary N) is 1. The lowest BCUT2D eigenvalue weighted by Crippen LogP contribution is -2.47. The van der Waals surface area contributed by atoms with Crippen molar-refractivity contribution in [3.63, 3.8) is 0 Å². The Morgan fingerprint density at radius 1 is 1.21 bits per heavy atom. The molecule has 1 aliphatic heterocycles. The molecule has 1 aliphatic rings. The maximum Gasteiger partial charge on any atom is 0.490 e. The lowest BCUT2D eigenvalue weighted by molar-refractivity contribution is -0.204. The summed E-state index contributed by atoms with van der Waals surface area (Å²) < 4.78 is 92.8. The van der Waals surface area contributed by atoms with E-state index in [-0.39, 0.29) is 0 Å². The summed E-state index contributed by atoms with van der Waals surface area (Å²) in [4.78, 5) is 37.5. The molecule has 6 atom stereocenters. The van der Waals surface area contributed by atoms with Crippen molar-refractivity contribution in [3.05, 3.63) is 21.4 Å². The van der Waals surface area contributed by atoms with Gasteiger partial charge in [0, 0.05) is 6.20 Å². The van der Waals surface area contributed by atoms with Crippen LogP contribution in [0.15, 0.2) is 6.20 Å². The van der Waals surface area contributed by atoms with E-state index < -0.39 is 69.2 Å². The third-order valence-corrected chi connectivity index (χ3v) is 8.10. The van der Waals surface area contributed by atoms with Gasteiger partial charge in [0.05, 0.1) is 0 Å². The molecule has 0 saturated carbocycles. The fourth-order valence-corrected chi connectivity index (χ4v) is 5.91. The van der Waals surface area contributed by atoms with Crippen LogP contribution in [0.3, 0.4) is 0 Å². The first-order valence-corrected chi connectivity index (χ1v) is 13.1. The second kappa shape index (κ2) is 9.34. The Bertz CT molecular complexity index is 1250. The molecule has 0 aliphatic carbocycles. The molecule has 2 heterocycles. The smallest absolute Gasteiger partial charge is 0.383 e. The van der Waals surface area contributed by atoms with Crippen LogP contribution >= 0.6 is 47.9 Å². The van der Waals surface area contributed by atoms with Crippen LogP contribution in [0, 0.1) is 27.6 Å². The average molecular weight is 578 g/mol. The van der Waals surface area contributed by atoms with Gasteiger partial charge in [-0.05, 0) is 12.2 Å². The fraction of sp³-hybridized carbons (Fsp3) is 0.455. The quantitative estimate of drug-likeness (QED) is 0.147. The Morgan fingerprint density at radius 3 is 2.30 bits per heavy atom. The number of aliphatic hydroxyl groups excluding tert-OH is 1. The van der Waals surface area contributed by atoms with Crippen LogP contribution in [0.1, 0.15) is 6.23 Å². The van der Waals surface area contributed by atoms with Gasteiger partial charge in [-0.25, -0.2) is 26.9 Å². The summed E-state index contributed by atoms with van der Waals surface area (Å²) in [6.45, 7) is -1.92. The predicted octanol–water partition coefficient (Wildman–Crippen LogP) is 1.65. The topological polar surface area (TPSA) is 210 Å². The first-order valence-electron chi connectivity index (χ1n) is 7.76. The summed E-state index contributed by atoms with van der Waals surface area (Å²) >= 11 is 9.39. The number of H-pyrrole nitrogens is 1. The van der Waals surface area contributed by atoms with Crippen molar-refractivity contribution in [2.75, 3.05) is 6.61 Å². The molecule has 0 spiro atoms. The van der Waals surface area contributed by atoms with Gasteiger partial charge in [0.1, 0.15) is 11.2 Å². The first kappa shape index (κ1) is 28.4.